The largest absolute Gasteiger partial charge is 0.382 e. The number of benzene rings is 1. The molecule has 2 heterocycles. The van der Waals surface area contributed by atoms with Crippen molar-refractivity contribution in [3.8, 4) is 5.69 Å². The van der Waals surface area contributed by atoms with Gasteiger partial charge in [0, 0.05) is 42.0 Å². The minimum Gasteiger partial charge on any atom is -0.382 e. The zero-order valence-corrected chi connectivity index (χ0v) is 19.5. The number of nitrogens with one attached hydrogen (secondary N) is 3. The van der Waals surface area contributed by atoms with Crippen LogP contribution < -0.4 is 11.1 Å². The van der Waals surface area contributed by atoms with E-state index in [-0.39, 0.29) is 17.1 Å². The number of nitrogens with zero attached hydrogens (tertiary/aromatic N) is 3. The maximum absolute atomic E-state index is 8.62. The number of aryl methyl sites for hydroxylation is 1. The fourth-order valence-electron chi connectivity index (χ4n) is 4.46. The average Bonchev–Trinajstić information content (AvgIpc) is 3.04. The van der Waals surface area contributed by atoms with E-state index in [1.165, 1.54) is 11.8 Å². The third-order valence-electron chi connectivity index (χ3n) is 5.56. The van der Waals surface area contributed by atoms with Crippen LogP contribution in [0.15, 0.2) is 30.5 Å². The average molecular weight is 428 g/mol. The number of piperidine rings is 1. The second-order valence-corrected chi connectivity index (χ2v) is 10.5. The van der Waals surface area contributed by atoms with Crippen molar-refractivity contribution in [3.63, 3.8) is 0 Å². The Morgan fingerprint density at radius 2 is 1.83 bits per heavy atom. The van der Waals surface area contributed by atoms with Gasteiger partial charge >= 0.3 is 0 Å². The number of anilines is 1. The Morgan fingerprint density at radius 3 is 2.37 bits per heavy atom. The van der Waals surface area contributed by atoms with E-state index in [1.54, 1.807) is 10.7 Å². The standard InChI is InChI=1S/C22H33N7S/c1-14-11-15(29-10-9-18(23)26-29)7-8-17(14)19(24)30-20(25)28(6)16-12-21(2,3)27-22(4,5)13-16/h7-11,16,24-25,27H,12-13H2,1-6H3,(H2,23,26). The van der Waals surface area contributed by atoms with E-state index >= 15 is 0 Å². The summed E-state index contributed by atoms with van der Waals surface area (Å²) in [6.45, 7) is 10.8. The van der Waals surface area contributed by atoms with E-state index in [0.717, 1.165) is 29.7 Å². The van der Waals surface area contributed by atoms with Crippen molar-refractivity contribution >= 4 is 27.8 Å². The molecule has 0 atom stereocenters. The lowest BCUT2D eigenvalue weighted by molar-refractivity contribution is 0.114. The van der Waals surface area contributed by atoms with Crippen LogP contribution in [0.3, 0.4) is 0 Å². The lowest BCUT2D eigenvalue weighted by atomic mass is 9.79. The van der Waals surface area contributed by atoms with Crippen LogP contribution in [0.25, 0.3) is 5.69 Å². The fraction of sp³-hybridized carbons (Fsp3) is 0.500. The monoisotopic (exact) mass is 427 g/mol. The van der Waals surface area contributed by atoms with Crippen LogP contribution in [0.1, 0.15) is 51.7 Å². The first-order valence-corrected chi connectivity index (χ1v) is 11.0. The maximum Gasteiger partial charge on any atom is 0.162 e. The molecule has 0 spiro atoms. The predicted octanol–water partition coefficient (Wildman–Crippen LogP) is 4.00. The van der Waals surface area contributed by atoms with Crippen molar-refractivity contribution in [3.05, 3.63) is 41.6 Å². The van der Waals surface area contributed by atoms with Gasteiger partial charge in [-0.05, 0) is 83.0 Å². The van der Waals surface area contributed by atoms with Gasteiger partial charge in [-0.15, -0.1) is 0 Å². The molecule has 1 aliphatic rings. The van der Waals surface area contributed by atoms with E-state index in [9.17, 15) is 0 Å². The van der Waals surface area contributed by atoms with Gasteiger partial charge < -0.3 is 16.0 Å². The lowest BCUT2D eigenvalue weighted by Crippen LogP contribution is -2.62. The number of nitrogen functional groups attached to an aromatic ring is 1. The minimum absolute atomic E-state index is 0.0153. The molecular weight excluding hydrogens is 394 g/mol. The summed E-state index contributed by atoms with van der Waals surface area (Å²) >= 11 is 1.20. The molecule has 0 saturated carbocycles. The van der Waals surface area contributed by atoms with Crippen molar-refractivity contribution < 1.29 is 0 Å². The summed E-state index contributed by atoms with van der Waals surface area (Å²) in [4.78, 5) is 2.03. The van der Waals surface area contributed by atoms with Crippen molar-refractivity contribution in [1.29, 1.82) is 10.8 Å². The summed E-state index contributed by atoms with van der Waals surface area (Å²) < 4.78 is 1.72. The summed E-state index contributed by atoms with van der Waals surface area (Å²) in [6.07, 6.45) is 3.74. The lowest BCUT2D eigenvalue weighted by Gasteiger charge is -2.49. The molecule has 30 heavy (non-hydrogen) atoms. The Bertz CT molecular complexity index is 944. The van der Waals surface area contributed by atoms with Crippen LogP contribution in [-0.4, -0.2) is 49.1 Å². The molecular formula is C22H33N7S. The molecule has 162 valence electrons. The first kappa shape index (κ1) is 22.4. The first-order chi connectivity index (χ1) is 13.9. The van der Waals surface area contributed by atoms with Crippen LogP contribution in [0, 0.1) is 17.7 Å². The fourth-order valence-corrected chi connectivity index (χ4v) is 5.28. The molecule has 0 aliphatic carbocycles. The van der Waals surface area contributed by atoms with Gasteiger partial charge in [0.2, 0.25) is 0 Å². The summed E-state index contributed by atoms with van der Waals surface area (Å²) in [7, 11) is 1.98. The highest BCUT2D eigenvalue weighted by Gasteiger charge is 2.39. The Morgan fingerprint density at radius 1 is 1.20 bits per heavy atom. The van der Waals surface area contributed by atoms with Gasteiger partial charge in [-0.2, -0.15) is 5.10 Å². The Kier molecular flexibility index (Phi) is 6.02. The van der Waals surface area contributed by atoms with Crippen LogP contribution in [-0.2, 0) is 0 Å². The Balaban J connectivity index is 1.70. The normalized spacial score (nSPS) is 18.2. The predicted molar refractivity (Wildman–Crippen MR) is 127 cm³/mol. The summed E-state index contributed by atoms with van der Waals surface area (Å²) in [6, 6.07) is 7.85. The molecule has 0 radical (unpaired) electrons. The van der Waals surface area contributed by atoms with Gasteiger partial charge in [-0.1, -0.05) is 0 Å². The molecule has 1 aliphatic heterocycles. The Labute approximate surface area is 183 Å². The topological polar surface area (TPSA) is 107 Å². The van der Waals surface area contributed by atoms with Crippen LogP contribution >= 0.6 is 11.8 Å². The number of hydrogen-bond donors (Lipinski definition) is 4. The van der Waals surface area contributed by atoms with Crippen molar-refractivity contribution in [1.82, 2.24) is 20.0 Å². The molecule has 1 aromatic heterocycles. The molecule has 0 unspecified atom stereocenters. The number of rotatable bonds is 3. The highest BCUT2D eigenvalue weighted by Crippen LogP contribution is 2.32. The van der Waals surface area contributed by atoms with Gasteiger partial charge in [0.05, 0.1) is 5.69 Å². The van der Waals surface area contributed by atoms with Crippen LogP contribution in [0.5, 0.6) is 0 Å². The molecule has 0 amide bonds. The van der Waals surface area contributed by atoms with Crippen molar-refractivity contribution in [2.45, 2.75) is 64.6 Å². The van der Waals surface area contributed by atoms with E-state index in [1.807, 2.05) is 43.3 Å². The third kappa shape index (κ3) is 5.05. The number of aromatic nitrogens is 2. The molecule has 1 saturated heterocycles. The molecule has 5 N–H and O–H groups in total. The second kappa shape index (κ2) is 8.07. The number of nitrogens with two attached hydrogens (primary N) is 1. The summed E-state index contributed by atoms with van der Waals surface area (Å²) in [5, 5.41) is 25.9. The molecule has 1 aromatic carbocycles. The van der Waals surface area contributed by atoms with E-state index in [2.05, 4.69) is 38.1 Å². The number of amidine groups is 1. The Hall–Kier alpha value is -2.32. The molecule has 8 heteroatoms. The molecule has 1 fully saturated rings. The van der Waals surface area contributed by atoms with Crippen LogP contribution in [0.2, 0.25) is 0 Å². The van der Waals surface area contributed by atoms with Gasteiger partial charge in [-0.3, -0.25) is 10.8 Å². The molecule has 0 bridgehead atoms. The second-order valence-electron chi connectivity index (χ2n) is 9.49. The van der Waals surface area contributed by atoms with Gasteiger partial charge in [0.15, 0.2) is 5.17 Å². The summed E-state index contributed by atoms with van der Waals surface area (Å²) in [5.41, 5.74) is 8.44. The van der Waals surface area contributed by atoms with Crippen molar-refractivity contribution in [2.24, 2.45) is 0 Å². The molecule has 7 nitrogen and oxygen atoms in total. The van der Waals surface area contributed by atoms with Crippen molar-refractivity contribution in [2.75, 3.05) is 12.8 Å². The smallest absolute Gasteiger partial charge is 0.162 e. The maximum atomic E-state index is 8.62. The zero-order valence-electron chi connectivity index (χ0n) is 18.7. The highest BCUT2D eigenvalue weighted by molar-refractivity contribution is 8.26. The van der Waals surface area contributed by atoms with Gasteiger partial charge in [-0.25, -0.2) is 4.68 Å². The van der Waals surface area contributed by atoms with E-state index in [4.69, 9.17) is 16.6 Å². The number of hydrogen-bond acceptors (Lipinski definition) is 6. The molecule has 3 rings (SSSR count). The highest BCUT2D eigenvalue weighted by atomic mass is 32.2. The number of thioether (sulfide) groups is 1. The van der Waals surface area contributed by atoms with Gasteiger partial charge in [0.25, 0.3) is 0 Å². The quantitative estimate of drug-likeness (QED) is 0.438. The molecule has 2 aromatic rings. The van der Waals surface area contributed by atoms with Gasteiger partial charge in [0.1, 0.15) is 10.9 Å². The van der Waals surface area contributed by atoms with Crippen LogP contribution in [0.4, 0.5) is 5.82 Å². The van der Waals surface area contributed by atoms with E-state index in [0.29, 0.717) is 16.0 Å². The van der Waals surface area contributed by atoms with E-state index < -0.39 is 0 Å². The summed E-state index contributed by atoms with van der Waals surface area (Å²) in [5.74, 6) is 0.473. The minimum atomic E-state index is 0.0153. The zero-order chi connectivity index (χ0) is 22.3. The first-order valence-electron chi connectivity index (χ1n) is 10.2. The SMILES string of the molecule is Cc1cc(-n2ccc(N)n2)ccc1C(=N)SC(=N)N(C)C1CC(C)(C)NC(C)(C)C1. The third-order valence-corrected chi connectivity index (χ3v) is 6.47.